The average molecular weight is 513 g/mol. The molecule has 6 aromatic rings. The number of hydrazine groups is 1. The van der Waals surface area contributed by atoms with Gasteiger partial charge in [0, 0.05) is 0 Å². The number of aryl methyl sites for hydroxylation is 1. The zero-order valence-electron chi connectivity index (χ0n) is 22.4. The largest absolute Gasteiger partial charge is 0.249 e. The SMILES string of the molecule is CCc1cccc(N2c3ccc4cc(ccc(c3)N2c2ccc3ccccc3c2)-c2cc3ccccc3cc2-4)c1. The molecule has 0 amide bonds. The summed E-state index contributed by atoms with van der Waals surface area (Å²) in [5.74, 6) is 0. The molecule has 0 fully saturated rings. The Morgan fingerprint density at radius 2 is 0.925 bits per heavy atom. The quantitative estimate of drug-likeness (QED) is 0.232. The Morgan fingerprint density at radius 1 is 0.400 bits per heavy atom. The molecule has 1 aliphatic carbocycles. The summed E-state index contributed by atoms with van der Waals surface area (Å²) in [6.45, 7) is 2.21. The molecular formula is C38H28N2. The lowest BCUT2D eigenvalue weighted by atomic mass is 9.99. The van der Waals surface area contributed by atoms with E-state index in [4.69, 9.17) is 0 Å². The fourth-order valence-electron chi connectivity index (χ4n) is 6.15. The second-order valence-corrected chi connectivity index (χ2v) is 10.6. The van der Waals surface area contributed by atoms with Crippen LogP contribution < -0.4 is 10.0 Å². The zero-order valence-corrected chi connectivity index (χ0v) is 22.4. The van der Waals surface area contributed by atoms with Crippen LogP contribution in [0, 0.1) is 0 Å². The van der Waals surface area contributed by atoms with Gasteiger partial charge in [0.2, 0.25) is 0 Å². The first-order chi connectivity index (χ1) is 19.7. The molecule has 0 spiro atoms. The van der Waals surface area contributed by atoms with Crippen LogP contribution in [0.25, 0.3) is 43.8 Å². The lowest BCUT2D eigenvalue weighted by Gasteiger charge is -2.33. The van der Waals surface area contributed by atoms with Crippen LogP contribution in [0.15, 0.2) is 140 Å². The third-order valence-corrected chi connectivity index (χ3v) is 8.21. The Labute approximate surface area is 234 Å². The predicted octanol–water partition coefficient (Wildman–Crippen LogP) is 10.5. The summed E-state index contributed by atoms with van der Waals surface area (Å²) >= 11 is 0. The van der Waals surface area contributed by atoms with Crippen molar-refractivity contribution in [1.82, 2.24) is 0 Å². The highest BCUT2D eigenvalue weighted by molar-refractivity contribution is 6.00. The highest BCUT2D eigenvalue weighted by atomic mass is 15.6. The van der Waals surface area contributed by atoms with E-state index in [2.05, 4.69) is 156 Å². The van der Waals surface area contributed by atoms with Crippen LogP contribution in [0.1, 0.15) is 12.5 Å². The highest BCUT2D eigenvalue weighted by Crippen LogP contribution is 2.46. The molecule has 2 aliphatic rings. The number of anilines is 4. The molecule has 0 saturated carbocycles. The molecule has 2 nitrogen and oxygen atoms in total. The summed E-state index contributed by atoms with van der Waals surface area (Å²) in [5.41, 5.74) is 11.0. The number of hydrogen-bond donors (Lipinski definition) is 0. The van der Waals surface area contributed by atoms with Crippen LogP contribution in [0.4, 0.5) is 22.7 Å². The minimum absolute atomic E-state index is 0.999. The molecule has 8 rings (SSSR count). The Balaban J connectivity index is 1.36. The zero-order chi connectivity index (χ0) is 26.6. The first kappa shape index (κ1) is 22.9. The Morgan fingerprint density at radius 3 is 1.55 bits per heavy atom. The van der Waals surface area contributed by atoms with E-state index in [1.165, 1.54) is 49.4 Å². The second kappa shape index (κ2) is 9.00. The van der Waals surface area contributed by atoms with Gasteiger partial charge in [-0.05, 0) is 116 Å². The fraction of sp³-hybridized carbons (Fsp3) is 0.0526. The number of rotatable bonds is 3. The summed E-state index contributed by atoms with van der Waals surface area (Å²) in [6.07, 6.45) is 0.999. The van der Waals surface area contributed by atoms with Crippen LogP contribution in [0.5, 0.6) is 0 Å². The molecule has 0 unspecified atom stereocenters. The van der Waals surface area contributed by atoms with Gasteiger partial charge in [-0.3, -0.25) is 0 Å². The average Bonchev–Trinajstić information content (AvgIpc) is 3.53. The van der Waals surface area contributed by atoms with Crippen molar-refractivity contribution in [3.8, 4) is 22.3 Å². The molecular weight excluding hydrogens is 484 g/mol. The maximum absolute atomic E-state index is 2.35. The third-order valence-electron chi connectivity index (χ3n) is 8.21. The topological polar surface area (TPSA) is 6.48 Å². The maximum Gasteiger partial charge on any atom is 0.0658 e. The maximum atomic E-state index is 2.35. The Kier molecular flexibility index (Phi) is 5.14. The molecule has 1 heterocycles. The summed E-state index contributed by atoms with van der Waals surface area (Å²) in [4.78, 5) is 0. The molecule has 190 valence electrons. The van der Waals surface area contributed by atoms with Crippen molar-refractivity contribution >= 4 is 44.3 Å². The van der Waals surface area contributed by atoms with Crippen LogP contribution in [0.2, 0.25) is 0 Å². The van der Waals surface area contributed by atoms with Gasteiger partial charge in [0.05, 0.1) is 22.7 Å². The van der Waals surface area contributed by atoms with Crippen LogP contribution in [0.3, 0.4) is 0 Å². The number of benzene rings is 5. The van der Waals surface area contributed by atoms with E-state index in [0.717, 1.165) is 29.2 Å². The lowest BCUT2D eigenvalue weighted by Crippen LogP contribution is -2.32. The van der Waals surface area contributed by atoms with Crippen LogP contribution >= 0.6 is 0 Å². The summed E-state index contributed by atoms with van der Waals surface area (Å²) in [5, 5.41) is 9.73. The first-order valence-corrected chi connectivity index (χ1v) is 14.0. The van der Waals surface area contributed by atoms with Gasteiger partial charge in [-0.2, -0.15) is 0 Å². The van der Waals surface area contributed by atoms with Gasteiger partial charge in [0.1, 0.15) is 0 Å². The van der Waals surface area contributed by atoms with Crippen molar-refractivity contribution in [3.63, 3.8) is 0 Å². The monoisotopic (exact) mass is 512 g/mol. The van der Waals surface area contributed by atoms with Crippen molar-refractivity contribution in [2.45, 2.75) is 13.3 Å². The van der Waals surface area contributed by atoms with Gasteiger partial charge in [0.25, 0.3) is 0 Å². The Hall–Kier alpha value is -5.08. The standard InChI is InChI=1S/C38H28N2/c1-2-26-8-7-13-33(20-26)39-35-18-15-31-21-32(38-24-30-12-6-5-11-29(30)23-37(31)38)16-19-36(25-35)40(39)34-17-14-27-9-3-4-10-28(27)22-34/h3-25H,2H2,1H3. The molecule has 40 heavy (non-hydrogen) atoms. The third kappa shape index (κ3) is 3.65. The van der Waals surface area contributed by atoms with Crippen LogP contribution in [-0.4, -0.2) is 0 Å². The van der Waals surface area contributed by atoms with Gasteiger partial charge in [-0.25, -0.2) is 10.0 Å². The van der Waals surface area contributed by atoms with E-state index in [-0.39, 0.29) is 0 Å². The molecule has 0 saturated heterocycles. The minimum atomic E-state index is 0.999. The van der Waals surface area contributed by atoms with E-state index in [1.807, 2.05) is 0 Å². The van der Waals surface area contributed by atoms with Crippen molar-refractivity contribution < 1.29 is 0 Å². The molecule has 0 radical (unpaired) electrons. The lowest BCUT2D eigenvalue weighted by molar-refractivity contribution is 1.02. The fourth-order valence-corrected chi connectivity index (χ4v) is 6.15. The van der Waals surface area contributed by atoms with E-state index >= 15 is 0 Å². The summed E-state index contributed by atoms with van der Waals surface area (Å²) in [6, 6.07) is 51.3. The van der Waals surface area contributed by atoms with Gasteiger partial charge < -0.3 is 0 Å². The predicted molar refractivity (Wildman–Crippen MR) is 170 cm³/mol. The molecule has 0 aromatic heterocycles. The van der Waals surface area contributed by atoms with Crippen molar-refractivity contribution in [2.75, 3.05) is 10.0 Å². The van der Waals surface area contributed by atoms with E-state index < -0.39 is 0 Å². The highest BCUT2D eigenvalue weighted by Gasteiger charge is 2.27. The normalized spacial score (nSPS) is 12.6. The summed E-state index contributed by atoms with van der Waals surface area (Å²) < 4.78 is 0. The van der Waals surface area contributed by atoms with Crippen LogP contribution in [-0.2, 0) is 6.42 Å². The van der Waals surface area contributed by atoms with Gasteiger partial charge in [0.15, 0.2) is 0 Å². The molecule has 1 aliphatic heterocycles. The van der Waals surface area contributed by atoms with Gasteiger partial charge >= 0.3 is 0 Å². The van der Waals surface area contributed by atoms with Gasteiger partial charge in [-0.1, -0.05) is 85.8 Å². The number of hydrogen-bond acceptors (Lipinski definition) is 2. The van der Waals surface area contributed by atoms with Crippen molar-refractivity contribution in [2.24, 2.45) is 0 Å². The molecule has 2 heteroatoms. The molecule has 6 aromatic carbocycles. The first-order valence-electron chi connectivity index (χ1n) is 14.0. The van der Waals surface area contributed by atoms with Gasteiger partial charge in [-0.15, -0.1) is 0 Å². The van der Waals surface area contributed by atoms with E-state index in [9.17, 15) is 0 Å². The number of fused-ring (bicyclic) bond motifs is 9. The second-order valence-electron chi connectivity index (χ2n) is 10.6. The van der Waals surface area contributed by atoms with Crippen molar-refractivity contribution in [3.05, 3.63) is 145 Å². The molecule has 0 N–H and O–H groups in total. The molecule has 0 atom stereocenters. The summed E-state index contributed by atoms with van der Waals surface area (Å²) in [7, 11) is 0. The minimum Gasteiger partial charge on any atom is -0.249 e. The number of nitrogens with zero attached hydrogens (tertiary/aromatic N) is 2. The smallest absolute Gasteiger partial charge is 0.0658 e. The Bertz CT molecular complexity index is 2020. The van der Waals surface area contributed by atoms with Crippen molar-refractivity contribution in [1.29, 1.82) is 0 Å². The van der Waals surface area contributed by atoms with E-state index in [0.29, 0.717) is 0 Å². The molecule has 4 bridgehead atoms. The van der Waals surface area contributed by atoms with E-state index in [1.54, 1.807) is 0 Å².